The van der Waals surface area contributed by atoms with Crippen LogP contribution in [0.2, 0.25) is 0 Å². The van der Waals surface area contributed by atoms with E-state index in [4.69, 9.17) is 42.6 Å². The average Bonchev–Trinajstić information content (AvgIpc) is 4.35. The van der Waals surface area contributed by atoms with Crippen molar-refractivity contribution in [2.45, 2.75) is 102 Å². The van der Waals surface area contributed by atoms with Gasteiger partial charge in [-0.1, -0.05) is 30.3 Å². The summed E-state index contributed by atoms with van der Waals surface area (Å²) in [5.41, 5.74) is -0.534. The zero-order chi connectivity index (χ0) is 58.0. The minimum Gasteiger partial charge on any atom is -0.469 e. The number of benzene rings is 1. The lowest BCUT2D eigenvalue weighted by Crippen LogP contribution is -2.49. The fraction of sp³-hybridized carbons (Fsp3) is 0.436. The van der Waals surface area contributed by atoms with Crippen LogP contribution < -0.4 is 5.32 Å². The van der Waals surface area contributed by atoms with Gasteiger partial charge < -0.3 is 62.9 Å². The Hall–Kier alpha value is -8.83. The van der Waals surface area contributed by atoms with Gasteiger partial charge in [0.1, 0.15) is 12.3 Å². The first-order valence-corrected chi connectivity index (χ1v) is 24.8. The first kappa shape index (κ1) is 61.0. The van der Waals surface area contributed by atoms with Gasteiger partial charge in [0.2, 0.25) is 11.7 Å². The maximum absolute atomic E-state index is 15.6. The van der Waals surface area contributed by atoms with E-state index in [0.717, 1.165) is 42.7 Å². The number of H-pyrrole nitrogens is 3. The number of rotatable bonds is 29. The maximum atomic E-state index is 15.6. The molecule has 424 valence electrons. The molecule has 24 heteroatoms. The Morgan fingerprint density at radius 2 is 0.924 bits per heavy atom. The van der Waals surface area contributed by atoms with E-state index in [0.29, 0.717) is 22.4 Å². The quantitative estimate of drug-likeness (QED) is 0.0345. The van der Waals surface area contributed by atoms with E-state index in [2.05, 4.69) is 20.3 Å². The summed E-state index contributed by atoms with van der Waals surface area (Å²) in [5.74, 6) is -8.39. The highest BCUT2D eigenvalue weighted by molar-refractivity contribution is 6.11. The smallest absolute Gasteiger partial charge is 0.355 e. The molecule has 0 radical (unpaired) electrons. The van der Waals surface area contributed by atoms with Crippen LogP contribution in [0, 0.1) is 0 Å². The molecular weight excluding hydrogens is 1040 g/mol. The molecule has 5 rings (SSSR count). The van der Waals surface area contributed by atoms with Crippen LogP contribution in [0.25, 0.3) is 0 Å². The maximum Gasteiger partial charge on any atom is 0.355 e. The molecule has 1 unspecified atom stereocenters. The number of nitrogens with one attached hydrogen (secondary N) is 4. The van der Waals surface area contributed by atoms with Gasteiger partial charge in [-0.3, -0.25) is 47.9 Å². The van der Waals surface area contributed by atoms with Gasteiger partial charge in [0.25, 0.3) is 0 Å². The molecule has 1 aliphatic rings. The zero-order valence-electron chi connectivity index (χ0n) is 45.2. The third-order valence-corrected chi connectivity index (χ3v) is 13.5. The van der Waals surface area contributed by atoms with Crippen molar-refractivity contribution in [3.05, 3.63) is 115 Å². The number of aromatic amines is 3. The van der Waals surface area contributed by atoms with E-state index in [1.165, 1.54) is 20.4 Å². The zero-order valence-corrected chi connectivity index (χ0v) is 45.2. The van der Waals surface area contributed by atoms with Crippen LogP contribution in [0.3, 0.4) is 0 Å². The first-order valence-electron chi connectivity index (χ1n) is 24.8. The van der Waals surface area contributed by atoms with Crippen molar-refractivity contribution in [1.82, 2.24) is 20.3 Å². The van der Waals surface area contributed by atoms with Crippen LogP contribution >= 0.6 is 0 Å². The predicted molar refractivity (Wildman–Crippen MR) is 273 cm³/mol. The number of amides is 1. The highest BCUT2D eigenvalue weighted by Gasteiger charge is 2.48. The molecule has 0 saturated carbocycles. The van der Waals surface area contributed by atoms with Crippen molar-refractivity contribution in [2.24, 2.45) is 0 Å². The summed E-state index contributed by atoms with van der Waals surface area (Å²) in [7, 11) is 9.24. The lowest BCUT2D eigenvalue weighted by molar-refractivity contribution is -0.141. The molecule has 0 spiro atoms. The summed E-state index contributed by atoms with van der Waals surface area (Å²) in [6.07, 6.45) is -3.03. The van der Waals surface area contributed by atoms with Gasteiger partial charge in [0.15, 0.2) is 0 Å². The minimum absolute atomic E-state index is 0.00143. The number of carbonyl (C=O) groups excluding carboxylic acids is 11. The fourth-order valence-electron chi connectivity index (χ4n) is 9.47. The topological polar surface area (TPSA) is 330 Å². The molecule has 4 aromatic rings. The highest BCUT2D eigenvalue weighted by atomic mass is 16.6. The number of hydrogen-bond donors (Lipinski definition) is 4. The van der Waals surface area contributed by atoms with Gasteiger partial charge in [-0.2, -0.15) is 0 Å². The summed E-state index contributed by atoms with van der Waals surface area (Å²) in [5, 5.41) is 3.04. The summed E-state index contributed by atoms with van der Waals surface area (Å²) in [4.78, 5) is 158. The SMILES string of the molecule is COC(=O)CCC1=C(CC(=O)OC)C(Cc2[nH]cc(CC(=O)OC)c2CCC(=O)OC)(Cc2[nH]c(C(=O)c3[nH]c(C(=O)OCc4ccccc4)c(CCC(=O)OC)c3CC(=O)OC)c(CCC(=O)OC)c2CC(=O)OC)NC1=O. The van der Waals surface area contributed by atoms with Gasteiger partial charge in [-0.15, -0.1) is 0 Å². The Balaban J connectivity index is 1.86. The Labute approximate surface area is 453 Å². The van der Waals surface area contributed by atoms with E-state index >= 15 is 4.79 Å². The molecule has 1 aliphatic heterocycles. The molecule has 4 N–H and O–H groups in total. The number of aromatic nitrogens is 3. The van der Waals surface area contributed by atoms with Crippen LogP contribution in [0.15, 0.2) is 47.7 Å². The average molecular weight is 1100 g/mol. The van der Waals surface area contributed by atoms with E-state index < -0.39 is 96.6 Å². The number of esters is 9. The second-order valence-electron chi connectivity index (χ2n) is 18.1. The van der Waals surface area contributed by atoms with Gasteiger partial charge in [-0.25, -0.2) is 4.79 Å². The van der Waals surface area contributed by atoms with Crippen LogP contribution in [0.5, 0.6) is 0 Å². The van der Waals surface area contributed by atoms with Gasteiger partial charge >= 0.3 is 53.7 Å². The van der Waals surface area contributed by atoms with Crippen molar-refractivity contribution in [2.75, 3.05) is 56.9 Å². The largest absolute Gasteiger partial charge is 0.469 e. The Kier molecular flexibility index (Phi) is 22.0. The van der Waals surface area contributed by atoms with Gasteiger partial charge in [-0.05, 0) is 70.2 Å². The van der Waals surface area contributed by atoms with Gasteiger partial charge in [0.05, 0.1) is 99.5 Å². The van der Waals surface area contributed by atoms with Gasteiger partial charge in [0, 0.05) is 61.7 Å². The molecule has 4 heterocycles. The number of ether oxygens (including phenoxy) is 9. The van der Waals surface area contributed by atoms with Crippen molar-refractivity contribution >= 4 is 65.4 Å². The molecule has 24 nitrogen and oxygen atoms in total. The Morgan fingerprint density at radius 3 is 1.47 bits per heavy atom. The number of hydrogen-bond acceptors (Lipinski definition) is 20. The molecule has 79 heavy (non-hydrogen) atoms. The molecule has 0 fully saturated rings. The van der Waals surface area contributed by atoms with E-state index in [-0.39, 0.29) is 127 Å². The van der Waals surface area contributed by atoms with E-state index in [1.807, 2.05) is 0 Å². The summed E-state index contributed by atoms with van der Waals surface area (Å²) >= 11 is 0. The number of methoxy groups -OCH3 is 8. The molecule has 1 aromatic carbocycles. The van der Waals surface area contributed by atoms with Crippen LogP contribution in [-0.4, -0.2) is 143 Å². The monoisotopic (exact) mass is 1100 g/mol. The highest BCUT2D eigenvalue weighted by Crippen LogP contribution is 2.41. The standard InChI is InChI=1S/C55H64N4O20/c1-71-41(60)18-14-32-31(22-45(64)75-5)28-56-39(32)26-55(38(25-48(67)78-8)35(53(69)59-55)17-21-44(63)74-4)27-40-36(23-46(65)76-6)33(15-19-42(61)72-2)49(57-40)52(68)50-37(24-47(66)77-7)34(16-20-43(62)73-3)51(58-50)54(70)79-29-30-12-10-9-11-13-30/h9-13,28,56-58H,14-27,29H2,1-8H3,(H,59,69). The van der Waals surface area contributed by atoms with Crippen molar-refractivity contribution in [1.29, 1.82) is 0 Å². The van der Waals surface area contributed by atoms with E-state index in [1.54, 1.807) is 30.3 Å². The molecular formula is C55H64N4O20. The first-order chi connectivity index (χ1) is 37.8. The normalized spacial score (nSPS) is 13.7. The number of ketones is 1. The summed E-state index contributed by atoms with van der Waals surface area (Å²) < 4.78 is 45.6. The minimum atomic E-state index is -1.76. The lowest BCUT2D eigenvalue weighted by atomic mass is 9.77. The third-order valence-electron chi connectivity index (χ3n) is 13.5. The van der Waals surface area contributed by atoms with Crippen molar-refractivity contribution in [3.8, 4) is 0 Å². The molecule has 0 bridgehead atoms. The fourth-order valence-corrected chi connectivity index (χ4v) is 9.47. The molecule has 0 aliphatic carbocycles. The number of carbonyl (C=O) groups is 11. The Morgan fingerprint density at radius 1 is 0.468 bits per heavy atom. The van der Waals surface area contributed by atoms with Crippen LogP contribution in [0.1, 0.15) is 116 Å². The lowest BCUT2D eigenvalue weighted by Gasteiger charge is -2.33. The second-order valence-corrected chi connectivity index (χ2v) is 18.1. The predicted octanol–water partition coefficient (Wildman–Crippen LogP) is 3.19. The van der Waals surface area contributed by atoms with Crippen LogP contribution in [-0.2, 0) is 144 Å². The third kappa shape index (κ3) is 15.4. The molecule has 3 aromatic heterocycles. The van der Waals surface area contributed by atoms with Crippen LogP contribution in [0.4, 0.5) is 0 Å². The van der Waals surface area contributed by atoms with Crippen molar-refractivity contribution < 1.29 is 95.4 Å². The second kappa shape index (κ2) is 28.5. The van der Waals surface area contributed by atoms with Crippen molar-refractivity contribution in [3.63, 3.8) is 0 Å². The Bertz CT molecular complexity index is 3000. The van der Waals surface area contributed by atoms with E-state index in [9.17, 15) is 47.9 Å². The summed E-state index contributed by atoms with van der Waals surface area (Å²) in [6.45, 7) is -0.212. The summed E-state index contributed by atoms with van der Waals surface area (Å²) in [6, 6.07) is 8.67. The molecule has 1 amide bonds. The molecule has 0 saturated heterocycles. The molecule has 1 atom stereocenters.